The van der Waals surface area contributed by atoms with Crippen LogP contribution in [0, 0.1) is 0 Å². The Balaban J connectivity index is 2.21. The Morgan fingerprint density at radius 2 is 1.27 bits per heavy atom. The minimum Gasteiger partial charge on any atom is -0.464 e. The molecule has 33 heavy (non-hydrogen) atoms. The maximum Gasteiger partial charge on any atom is 0.355 e. The second-order valence-electron chi connectivity index (χ2n) is 8.02. The summed E-state index contributed by atoms with van der Waals surface area (Å²) in [5, 5.41) is 2.80. The third-order valence-corrected chi connectivity index (χ3v) is 10.2. The van der Waals surface area contributed by atoms with Crippen LogP contribution in [-0.2, 0) is 19.1 Å². The predicted octanol–water partition coefficient (Wildman–Crippen LogP) is 2.86. The lowest BCUT2D eigenvalue weighted by molar-refractivity contribution is -0.144. The highest BCUT2D eigenvalue weighted by atomic mass is 31.2. The number of amides is 1. The van der Waals surface area contributed by atoms with Crippen LogP contribution in [0.5, 0.6) is 0 Å². The first-order chi connectivity index (χ1) is 16.0. The van der Waals surface area contributed by atoms with Crippen molar-refractivity contribution in [3.63, 3.8) is 0 Å². The average Bonchev–Trinajstić information content (AvgIpc) is 2.85. The highest BCUT2D eigenvalue weighted by Gasteiger charge is 2.47. The van der Waals surface area contributed by atoms with Crippen LogP contribution in [-0.4, -0.2) is 41.1 Å². The van der Waals surface area contributed by atoms with Crippen LogP contribution in [0.25, 0.3) is 0 Å². The molecule has 4 rings (SSSR count). The maximum absolute atomic E-state index is 13.6. The first-order valence-corrected chi connectivity index (χ1v) is 12.6. The predicted molar refractivity (Wildman–Crippen MR) is 133 cm³/mol. The summed E-state index contributed by atoms with van der Waals surface area (Å²) >= 11 is 0. The lowest BCUT2D eigenvalue weighted by Gasteiger charge is -2.44. The lowest BCUT2D eigenvalue weighted by Crippen LogP contribution is -2.60. The molecule has 0 spiro atoms. The molecular formula is C27H26NO4P. The fourth-order valence-corrected chi connectivity index (χ4v) is 8.98. The molecule has 3 aromatic carbocycles. The number of nitrogens with zero attached hydrogens (tertiary/aromatic N) is 1. The average molecular weight is 459 g/mol. The molecular weight excluding hydrogens is 433 g/mol. The monoisotopic (exact) mass is 459 g/mol. The Bertz CT molecular complexity index is 1120. The molecule has 0 saturated carbocycles. The second kappa shape index (κ2) is 9.60. The number of benzene rings is 3. The molecule has 0 unspecified atom stereocenters. The largest absolute Gasteiger partial charge is 0.464 e. The molecule has 5 nitrogen and oxygen atoms in total. The molecule has 0 aliphatic carbocycles. The van der Waals surface area contributed by atoms with Crippen molar-refractivity contribution in [1.82, 2.24) is 4.90 Å². The quantitative estimate of drug-likeness (QED) is 0.310. The van der Waals surface area contributed by atoms with Gasteiger partial charge in [0.1, 0.15) is 11.2 Å². The van der Waals surface area contributed by atoms with Gasteiger partial charge in [0.25, 0.3) is 0 Å². The van der Waals surface area contributed by atoms with Gasteiger partial charge in [-0.15, -0.1) is 0 Å². The molecule has 1 aliphatic heterocycles. The van der Waals surface area contributed by atoms with E-state index in [0.29, 0.717) is 5.42 Å². The van der Waals surface area contributed by atoms with Crippen molar-refractivity contribution in [2.75, 3.05) is 7.11 Å². The van der Waals surface area contributed by atoms with Gasteiger partial charge in [0.05, 0.1) is 13.2 Å². The van der Waals surface area contributed by atoms with Crippen molar-refractivity contribution in [2.45, 2.75) is 25.8 Å². The maximum atomic E-state index is 13.6. The van der Waals surface area contributed by atoms with Gasteiger partial charge in [-0.2, -0.15) is 0 Å². The van der Waals surface area contributed by atoms with Crippen LogP contribution in [0.2, 0.25) is 0 Å². The van der Waals surface area contributed by atoms with Gasteiger partial charge in [0.2, 0.25) is 5.91 Å². The minimum atomic E-state index is -2.84. The molecule has 1 saturated heterocycles. The molecule has 0 radical (unpaired) electrons. The van der Waals surface area contributed by atoms with Crippen LogP contribution in [0.15, 0.2) is 91.0 Å². The molecule has 0 N–H and O–H groups in total. The van der Waals surface area contributed by atoms with E-state index in [2.05, 4.69) is 0 Å². The van der Waals surface area contributed by atoms with Crippen molar-refractivity contribution in [1.29, 1.82) is 0 Å². The second-order valence-corrected chi connectivity index (χ2v) is 11.3. The molecule has 6 heteroatoms. The van der Waals surface area contributed by atoms with Crippen molar-refractivity contribution in [3.8, 4) is 0 Å². The smallest absolute Gasteiger partial charge is 0.355 e. The zero-order valence-electron chi connectivity index (χ0n) is 18.7. The zero-order chi connectivity index (χ0) is 23.4. The fraction of sp³-hybridized carbons (Fsp3) is 0.185. The van der Waals surface area contributed by atoms with Gasteiger partial charge < -0.3 is 9.64 Å². The van der Waals surface area contributed by atoms with Crippen molar-refractivity contribution in [2.24, 2.45) is 0 Å². The van der Waals surface area contributed by atoms with Gasteiger partial charge in [-0.1, -0.05) is 91.0 Å². The zero-order valence-corrected chi connectivity index (χ0v) is 19.6. The number of ketones is 1. The summed E-state index contributed by atoms with van der Waals surface area (Å²) in [4.78, 5) is 40.1. The van der Waals surface area contributed by atoms with Crippen LogP contribution in [0.4, 0.5) is 0 Å². The highest BCUT2D eigenvalue weighted by Crippen LogP contribution is 2.48. The number of ether oxygens (including phenoxy) is 1. The van der Waals surface area contributed by atoms with Crippen LogP contribution in [0.1, 0.15) is 19.8 Å². The fourth-order valence-electron chi connectivity index (χ4n) is 4.53. The first-order valence-electron chi connectivity index (χ1n) is 10.8. The number of hydrogen-bond donors (Lipinski definition) is 0. The Morgan fingerprint density at radius 1 is 0.848 bits per heavy atom. The van der Waals surface area contributed by atoms with Crippen molar-refractivity contribution in [3.05, 3.63) is 91.0 Å². The van der Waals surface area contributed by atoms with E-state index in [1.54, 1.807) is 0 Å². The summed E-state index contributed by atoms with van der Waals surface area (Å²) in [5.41, 5.74) is 0.316. The van der Waals surface area contributed by atoms with E-state index in [1.165, 1.54) is 18.9 Å². The molecule has 0 aromatic heterocycles. The Hall–Kier alpha value is -3.43. The number of hydrogen-bond acceptors (Lipinski definition) is 4. The van der Waals surface area contributed by atoms with Crippen LogP contribution >= 0.6 is 6.89 Å². The first kappa shape index (κ1) is 22.8. The Morgan fingerprint density at radius 3 is 1.61 bits per heavy atom. The number of carbonyl (C=O) groups excluding carboxylic acids is 3. The number of carbonyl (C=O) groups is 3. The summed E-state index contributed by atoms with van der Waals surface area (Å²) < 4.78 is 5.31. The van der Waals surface area contributed by atoms with Gasteiger partial charge in [-0.05, 0) is 22.8 Å². The van der Waals surface area contributed by atoms with Crippen molar-refractivity contribution < 1.29 is 19.1 Å². The molecule has 0 bridgehead atoms. The SMILES string of the molecule is COC(=O)C(N1C(=O)C[C@H]1CC(C)=O)=P(c1ccccc1)(c1ccccc1)c1ccccc1. The molecule has 3 aromatic rings. The third-order valence-electron chi connectivity index (χ3n) is 5.91. The van der Waals surface area contributed by atoms with E-state index in [4.69, 9.17) is 4.74 Å². The normalized spacial score (nSPS) is 15.5. The van der Waals surface area contributed by atoms with E-state index in [-0.39, 0.29) is 30.6 Å². The Kier molecular flexibility index (Phi) is 6.62. The summed E-state index contributed by atoms with van der Waals surface area (Å²) in [5.74, 6) is -0.750. The topological polar surface area (TPSA) is 63.7 Å². The van der Waals surface area contributed by atoms with E-state index < -0.39 is 12.9 Å². The molecule has 1 atom stereocenters. The molecule has 1 heterocycles. The number of likely N-dealkylation sites (tertiary alicyclic amines) is 1. The summed E-state index contributed by atoms with van der Waals surface area (Å²) in [6.07, 6.45) is 0.434. The molecule has 1 fully saturated rings. The van der Waals surface area contributed by atoms with Gasteiger partial charge in [-0.25, -0.2) is 4.79 Å². The summed E-state index contributed by atoms with van der Waals surface area (Å²) in [6, 6.07) is 29.1. The minimum absolute atomic E-state index is 0.0233. The standard InChI is InChI=1S/C27H26NO4P/c1-20(29)18-21-19-25(30)28(21)26(27(31)32-2)33(22-12-6-3-7-13-22,23-14-8-4-9-15-23)24-16-10-5-11-17-24/h3-17,21H,18-19H2,1-2H3/t21-/m1/s1. The van der Waals surface area contributed by atoms with E-state index in [0.717, 1.165) is 15.9 Å². The number of esters is 1. The van der Waals surface area contributed by atoms with Crippen LogP contribution < -0.4 is 15.9 Å². The van der Waals surface area contributed by atoms with Gasteiger partial charge in [0.15, 0.2) is 0 Å². The number of methoxy groups -OCH3 is 1. The van der Waals surface area contributed by atoms with E-state index in [1.807, 2.05) is 91.0 Å². The number of β-lactam (4-membered cyclic amide) rings is 1. The van der Waals surface area contributed by atoms with E-state index in [9.17, 15) is 14.4 Å². The van der Waals surface area contributed by atoms with Gasteiger partial charge >= 0.3 is 5.97 Å². The molecule has 1 amide bonds. The summed E-state index contributed by atoms with van der Waals surface area (Å²) in [6.45, 7) is -1.33. The number of rotatable bonds is 7. The molecule has 168 valence electrons. The van der Waals surface area contributed by atoms with Crippen molar-refractivity contribution >= 4 is 45.9 Å². The van der Waals surface area contributed by atoms with Gasteiger partial charge in [0, 0.05) is 19.7 Å². The van der Waals surface area contributed by atoms with Gasteiger partial charge in [-0.3, -0.25) is 9.59 Å². The lowest BCUT2D eigenvalue weighted by atomic mass is 9.97. The Labute approximate surface area is 194 Å². The molecule has 1 aliphatic rings. The van der Waals surface area contributed by atoms with Crippen LogP contribution in [0.3, 0.4) is 0 Å². The van der Waals surface area contributed by atoms with E-state index >= 15 is 0 Å². The third kappa shape index (κ3) is 4.05. The highest BCUT2D eigenvalue weighted by molar-refractivity contribution is 7.96. The number of Topliss-reactive ketones (excluding diaryl/α,β-unsaturated/α-hetero) is 1. The summed E-state index contributed by atoms with van der Waals surface area (Å²) in [7, 11) is 1.34.